The molecule has 0 bridgehead atoms. The number of carbonyl (C=O) groups is 1. The SMILES string of the molecule is Cc1cnccc1NS(=O)(=O)C(C)C(=O)O. The molecule has 16 heavy (non-hydrogen) atoms. The molecule has 1 rings (SSSR count). The van der Waals surface area contributed by atoms with Crippen LogP contribution in [-0.2, 0) is 14.8 Å². The number of carboxylic acids is 1. The van der Waals surface area contributed by atoms with E-state index < -0.39 is 21.2 Å². The van der Waals surface area contributed by atoms with E-state index in [0.717, 1.165) is 6.92 Å². The van der Waals surface area contributed by atoms with Crippen LogP contribution in [0, 0.1) is 6.92 Å². The average molecular weight is 244 g/mol. The maximum Gasteiger partial charge on any atom is 0.323 e. The van der Waals surface area contributed by atoms with E-state index in [1.54, 1.807) is 6.92 Å². The number of nitrogens with zero attached hydrogens (tertiary/aromatic N) is 1. The lowest BCUT2D eigenvalue weighted by Crippen LogP contribution is -2.32. The first-order valence-corrected chi connectivity index (χ1v) is 6.04. The minimum atomic E-state index is -3.91. The molecule has 1 aromatic rings. The van der Waals surface area contributed by atoms with Crippen LogP contribution in [-0.4, -0.2) is 29.7 Å². The second-order valence-corrected chi connectivity index (χ2v) is 5.32. The first-order valence-electron chi connectivity index (χ1n) is 4.49. The number of sulfonamides is 1. The number of aryl methyl sites for hydroxylation is 1. The van der Waals surface area contributed by atoms with Gasteiger partial charge in [0.1, 0.15) is 0 Å². The van der Waals surface area contributed by atoms with Crippen LogP contribution in [0.2, 0.25) is 0 Å². The van der Waals surface area contributed by atoms with Crippen molar-refractivity contribution in [3.8, 4) is 0 Å². The van der Waals surface area contributed by atoms with Crippen LogP contribution >= 0.6 is 0 Å². The van der Waals surface area contributed by atoms with E-state index in [1.165, 1.54) is 18.5 Å². The van der Waals surface area contributed by atoms with E-state index in [-0.39, 0.29) is 0 Å². The summed E-state index contributed by atoms with van der Waals surface area (Å²) in [5.74, 6) is -1.39. The molecule has 0 amide bonds. The normalized spacial score (nSPS) is 13.1. The van der Waals surface area contributed by atoms with Crippen LogP contribution in [0.4, 0.5) is 5.69 Å². The number of hydrogen-bond donors (Lipinski definition) is 2. The highest BCUT2D eigenvalue weighted by atomic mass is 32.2. The van der Waals surface area contributed by atoms with Crippen molar-refractivity contribution in [1.29, 1.82) is 0 Å². The third kappa shape index (κ3) is 2.69. The first-order chi connectivity index (χ1) is 7.34. The quantitative estimate of drug-likeness (QED) is 0.808. The molecule has 0 spiro atoms. The summed E-state index contributed by atoms with van der Waals surface area (Å²) in [4.78, 5) is 14.4. The van der Waals surface area contributed by atoms with Gasteiger partial charge in [-0.2, -0.15) is 0 Å². The summed E-state index contributed by atoms with van der Waals surface area (Å²) in [5, 5.41) is 7.13. The molecule has 0 aliphatic rings. The zero-order valence-electron chi connectivity index (χ0n) is 8.84. The lowest BCUT2D eigenvalue weighted by atomic mass is 10.3. The molecule has 0 aromatic carbocycles. The summed E-state index contributed by atoms with van der Waals surface area (Å²) < 4.78 is 25.4. The van der Waals surface area contributed by atoms with E-state index in [4.69, 9.17) is 5.11 Å². The Balaban J connectivity index is 2.98. The molecule has 0 saturated heterocycles. The molecule has 7 heteroatoms. The monoisotopic (exact) mass is 244 g/mol. The van der Waals surface area contributed by atoms with Crippen LogP contribution < -0.4 is 4.72 Å². The largest absolute Gasteiger partial charge is 0.480 e. The van der Waals surface area contributed by atoms with Crippen molar-refractivity contribution in [1.82, 2.24) is 4.98 Å². The predicted molar refractivity (Wildman–Crippen MR) is 58.6 cm³/mol. The molecule has 1 unspecified atom stereocenters. The number of aliphatic carboxylic acids is 1. The lowest BCUT2D eigenvalue weighted by molar-refractivity contribution is -0.136. The fourth-order valence-electron chi connectivity index (χ4n) is 0.962. The Bertz CT molecular complexity index is 498. The van der Waals surface area contributed by atoms with E-state index in [9.17, 15) is 13.2 Å². The number of rotatable bonds is 4. The van der Waals surface area contributed by atoms with Gasteiger partial charge in [0.2, 0.25) is 10.0 Å². The Morgan fingerprint density at radius 1 is 1.56 bits per heavy atom. The summed E-state index contributed by atoms with van der Waals surface area (Å²) in [6.45, 7) is 2.79. The number of carboxylic acid groups (broad SMARTS) is 1. The van der Waals surface area contributed by atoms with Gasteiger partial charge in [-0.1, -0.05) is 0 Å². The fraction of sp³-hybridized carbons (Fsp3) is 0.333. The van der Waals surface area contributed by atoms with Gasteiger partial charge >= 0.3 is 5.97 Å². The number of aromatic nitrogens is 1. The Labute approximate surface area is 93.4 Å². The Hall–Kier alpha value is -1.63. The Morgan fingerprint density at radius 2 is 2.19 bits per heavy atom. The second-order valence-electron chi connectivity index (χ2n) is 3.32. The number of hydrogen-bond acceptors (Lipinski definition) is 4. The molecule has 0 radical (unpaired) electrons. The topological polar surface area (TPSA) is 96.4 Å². The molecular formula is C9H12N2O4S. The number of anilines is 1. The lowest BCUT2D eigenvalue weighted by Gasteiger charge is -2.12. The summed E-state index contributed by atoms with van der Waals surface area (Å²) in [7, 11) is -3.91. The molecule has 0 fully saturated rings. The van der Waals surface area contributed by atoms with Crippen LogP contribution in [0.3, 0.4) is 0 Å². The highest BCUT2D eigenvalue weighted by Crippen LogP contribution is 2.15. The third-order valence-corrected chi connectivity index (χ3v) is 3.72. The molecule has 0 aliphatic carbocycles. The first kappa shape index (κ1) is 12.4. The zero-order chi connectivity index (χ0) is 12.3. The van der Waals surface area contributed by atoms with Crippen molar-refractivity contribution in [2.24, 2.45) is 0 Å². The molecular weight excluding hydrogens is 232 g/mol. The van der Waals surface area contributed by atoms with Gasteiger partial charge in [-0.3, -0.25) is 14.5 Å². The van der Waals surface area contributed by atoms with Gasteiger partial charge in [-0.05, 0) is 25.5 Å². The van der Waals surface area contributed by atoms with Gasteiger partial charge < -0.3 is 5.11 Å². The van der Waals surface area contributed by atoms with Crippen LogP contribution in [0.5, 0.6) is 0 Å². The minimum absolute atomic E-state index is 0.336. The summed E-state index contributed by atoms with van der Waals surface area (Å²) in [6, 6.07) is 1.47. The summed E-state index contributed by atoms with van der Waals surface area (Å²) in [6.07, 6.45) is 2.92. The predicted octanol–water partition coefficient (Wildman–Crippen LogP) is 0.605. The summed E-state index contributed by atoms with van der Waals surface area (Å²) >= 11 is 0. The molecule has 0 aliphatic heterocycles. The fourth-order valence-corrected chi connectivity index (χ4v) is 1.94. The van der Waals surface area contributed by atoms with Crippen LogP contribution in [0.15, 0.2) is 18.5 Å². The van der Waals surface area contributed by atoms with Crippen LogP contribution in [0.1, 0.15) is 12.5 Å². The molecule has 88 valence electrons. The number of nitrogens with one attached hydrogen (secondary N) is 1. The van der Waals surface area contributed by atoms with E-state index >= 15 is 0 Å². The minimum Gasteiger partial charge on any atom is -0.480 e. The smallest absolute Gasteiger partial charge is 0.323 e. The van der Waals surface area contributed by atoms with Crippen molar-refractivity contribution in [2.45, 2.75) is 19.1 Å². The molecule has 0 saturated carbocycles. The van der Waals surface area contributed by atoms with Gasteiger partial charge in [-0.25, -0.2) is 8.42 Å². The molecule has 1 heterocycles. The Kier molecular flexibility index (Phi) is 3.48. The molecule has 1 aromatic heterocycles. The molecule has 1 atom stereocenters. The van der Waals surface area contributed by atoms with E-state index in [2.05, 4.69) is 9.71 Å². The van der Waals surface area contributed by atoms with Gasteiger partial charge in [0.25, 0.3) is 0 Å². The van der Waals surface area contributed by atoms with Crippen LogP contribution in [0.25, 0.3) is 0 Å². The van der Waals surface area contributed by atoms with Gasteiger partial charge in [0, 0.05) is 12.4 Å². The van der Waals surface area contributed by atoms with Crippen molar-refractivity contribution in [2.75, 3.05) is 4.72 Å². The highest BCUT2D eigenvalue weighted by Gasteiger charge is 2.27. The average Bonchev–Trinajstić information content (AvgIpc) is 2.20. The number of pyridine rings is 1. The third-order valence-electron chi connectivity index (χ3n) is 2.09. The van der Waals surface area contributed by atoms with Crippen molar-refractivity contribution < 1.29 is 18.3 Å². The zero-order valence-corrected chi connectivity index (χ0v) is 9.65. The van der Waals surface area contributed by atoms with E-state index in [1.807, 2.05) is 0 Å². The van der Waals surface area contributed by atoms with E-state index in [0.29, 0.717) is 11.3 Å². The highest BCUT2D eigenvalue weighted by molar-refractivity contribution is 7.94. The molecule has 2 N–H and O–H groups in total. The standard InChI is InChI=1S/C9H12N2O4S/c1-6-5-10-4-3-8(6)11-16(14,15)7(2)9(12)13/h3-5,7H,1-2H3,(H,10,11)(H,12,13). The van der Waals surface area contributed by atoms with Gasteiger partial charge in [0.15, 0.2) is 5.25 Å². The second kappa shape index (κ2) is 4.48. The Morgan fingerprint density at radius 3 is 2.69 bits per heavy atom. The van der Waals surface area contributed by atoms with Crippen molar-refractivity contribution in [3.63, 3.8) is 0 Å². The maximum absolute atomic E-state index is 11.6. The molecule has 6 nitrogen and oxygen atoms in total. The van der Waals surface area contributed by atoms with Gasteiger partial charge in [0.05, 0.1) is 5.69 Å². The van der Waals surface area contributed by atoms with Crippen molar-refractivity contribution >= 4 is 21.7 Å². The summed E-state index contributed by atoms with van der Waals surface area (Å²) in [5.41, 5.74) is 0.965. The maximum atomic E-state index is 11.6. The van der Waals surface area contributed by atoms with Gasteiger partial charge in [-0.15, -0.1) is 0 Å². The van der Waals surface area contributed by atoms with Crippen molar-refractivity contribution in [3.05, 3.63) is 24.0 Å².